The zero-order chi connectivity index (χ0) is 31.6. The van der Waals surface area contributed by atoms with E-state index in [-0.39, 0.29) is 17.6 Å². The van der Waals surface area contributed by atoms with Crippen LogP contribution >= 0.6 is 11.6 Å². The number of benzene rings is 2. The van der Waals surface area contributed by atoms with E-state index in [1.807, 2.05) is 35.0 Å². The average Bonchev–Trinajstić information content (AvgIpc) is 3.54. The molecule has 0 aliphatic carbocycles. The minimum absolute atomic E-state index is 0.157. The van der Waals surface area contributed by atoms with Gasteiger partial charge in [-0.15, -0.1) is 5.10 Å². The van der Waals surface area contributed by atoms with Gasteiger partial charge in [0.1, 0.15) is 11.8 Å². The summed E-state index contributed by atoms with van der Waals surface area (Å²) in [6.07, 6.45) is 7.75. The van der Waals surface area contributed by atoms with Crippen molar-refractivity contribution in [2.24, 2.45) is 5.92 Å². The number of halogens is 1. The first-order chi connectivity index (χ1) is 21.7. The molecule has 1 unspecified atom stereocenters. The van der Waals surface area contributed by atoms with Crippen LogP contribution in [0.2, 0.25) is 5.02 Å². The van der Waals surface area contributed by atoms with E-state index in [4.69, 9.17) is 16.3 Å². The third-order valence-electron chi connectivity index (χ3n) is 9.45. The number of pyridine rings is 1. The van der Waals surface area contributed by atoms with Crippen LogP contribution in [0.5, 0.6) is 0 Å². The molecule has 2 fully saturated rings. The predicted octanol–water partition coefficient (Wildman–Crippen LogP) is 7.22. The molecule has 2 atom stereocenters. The molecule has 236 valence electrons. The Kier molecular flexibility index (Phi) is 9.27. The first kappa shape index (κ1) is 31.3. The Hall–Kier alpha value is -3.71. The van der Waals surface area contributed by atoms with Crippen molar-refractivity contribution >= 4 is 33.9 Å². The molecular formula is C35H43ClN8O. The molecule has 2 aromatic heterocycles. The molecule has 4 aromatic rings. The van der Waals surface area contributed by atoms with E-state index in [0.717, 1.165) is 80.0 Å². The quantitative estimate of drug-likeness (QED) is 0.211. The molecule has 6 rings (SSSR count). The zero-order valence-electron chi connectivity index (χ0n) is 26.6. The van der Waals surface area contributed by atoms with Crippen LogP contribution < -0.4 is 10.6 Å². The summed E-state index contributed by atoms with van der Waals surface area (Å²) >= 11 is 6.87. The fourth-order valence-electron chi connectivity index (χ4n) is 6.69. The molecule has 10 heteroatoms. The van der Waals surface area contributed by atoms with Gasteiger partial charge in [-0.25, -0.2) is 4.68 Å². The van der Waals surface area contributed by atoms with E-state index in [2.05, 4.69) is 82.9 Å². The lowest BCUT2D eigenvalue weighted by Gasteiger charge is -2.40. The second kappa shape index (κ2) is 13.3. The van der Waals surface area contributed by atoms with Crippen LogP contribution in [-0.4, -0.2) is 62.8 Å². The number of hydrogen-bond acceptors (Lipinski definition) is 8. The summed E-state index contributed by atoms with van der Waals surface area (Å²) in [6.45, 7) is 12.6. The number of hydrogen-bond donors (Lipinski definition) is 2. The highest BCUT2D eigenvalue weighted by atomic mass is 35.5. The van der Waals surface area contributed by atoms with Crippen LogP contribution in [0.4, 0.5) is 11.4 Å². The van der Waals surface area contributed by atoms with Crippen molar-refractivity contribution in [3.8, 4) is 6.07 Å². The third kappa shape index (κ3) is 6.94. The molecule has 0 saturated carbocycles. The van der Waals surface area contributed by atoms with Crippen molar-refractivity contribution in [1.82, 2.24) is 24.9 Å². The van der Waals surface area contributed by atoms with Gasteiger partial charge in [-0.2, -0.15) is 5.26 Å². The molecule has 2 aromatic carbocycles. The standard InChI is InChI=1S/C35H43ClN8O/c1-23(24-12-16-45-17-13-24)39-32-26(20-37)21-38-34-29(32)18-27(19-30(34)36)40-33(25-8-6-5-7-9-25)31-22-44(42-41-31)28-10-14-43(15-11-28)35(2,3)4/h5-9,18-19,21-24,28,33,40H,10-17H2,1-4H3,(H,38,39)/t23?,33-/m0/s1. The van der Waals surface area contributed by atoms with Crippen molar-refractivity contribution in [3.05, 3.63) is 76.7 Å². The number of rotatable bonds is 8. The molecule has 9 nitrogen and oxygen atoms in total. The summed E-state index contributed by atoms with van der Waals surface area (Å²) in [4.78, 5) is 7.11. The summed E-state index contributed by atoms with van der Waals surface area (Å²) in [7, 11) is 0. The van der Waals surface area contributed by atoms with Gasteiger partial charge in [-0.3, -0.25) is 9.88 Å². The first-order valence-electron chi connectivity index (χ1n) is 16.1. The normalized spacial score (nSPS) is 18.4. The number of fused-ring (bicyclic) bond motifs is 1. The van der Waals surface area contributed by atoms with E-state index < -0.39 is 0 Å². The molecule has 0 bridgehead atoms. The van der Waals surface area contributed by atoms with Gasteiger partial charge in [0.05, 0.1) is 40.1 Å². The molecule has 45 heavy (non-hydrogen) atoms. The maximum absolute atomic E-state index is 10.0. The van der Waals surface area contributed by atoms with E-state index in [1.165, 1.54) is 0 Å². The summed E-state index contributed by atoms with van der Waals surface area (Å²) in [5, 5.41) is 28.0. The number of nitrogens with one attached hydrogen (secondary N) is 2. The lowest BCUT2D eigenvalue weighted by atomic mass is 9.92. The number of anilines is 2. The van der Waals surface area contributed by atoms with Gasteiger partial charge in [-0.05, 0) is 77.0 Å². The van der Waals surface area contributed by atoms with Crippen molar-refractivity contribution in [1.29, 1.82) is 5.26 Å². The van der Waals surface area contributed by atoms with Crippen LogP contribution in [0.1, 0.15) is 82.3 Å². The van der Waals surface area contributed by atoms with Crippen LogP contribution in [0, 0.1) is 17.2 Å². The van der Waals surface area contributed by atoms with Gasteiger partial charge >= 0.3 is 0 Å². The summed E-state index contributed by atoms with van der Waals surface area (Å²) < 4.78 is 7.62. The number of ether oxygens (including phenoxy) is 1. The Bertz CT molecular complexity index is 1650. The Balaban J connectivity index is 1.31. The Morgan fingerprint density at radius 3 is 2.47 bits per heavy atom. The highest BCUT2D eigenvalue weighted by molar-refractivity contribution is 6.35. The second-order valence-electron chi connectivity index (χ2n) is 13.4. The molecule has 0 spiro atoms. The van der Waals surface area contributed by atoms with Gasteiger partial charge in [0.2, 0.25) is 0 Å². The number of nitrogens with zero attached hydrogens (tertiary/aromatic N) is 6. The monoisotopic (exact) mass is 626 g/mol. The average molecular weight is 627 g/mol. The Labute approximate surface area is 270 Å². The minimum atomic E-state index is -0.257. The van der Waals surface area contributed by atoms with Crippen LogP contribution in [0.3, 0.4) is 0 Å². The molecule has 0 radical (unpaired) electrons. The lowest BCUT2D eigenvalue weighted by Crippen LogP contribution is -2.46. The first-order valence-corrected chi connectivity index (χ1v) is 16.4. The summed E-state index contributed by atoms with van der Waals surface area (Å²) in [6, 6.07) is 16.8. The minimum Gasteiger partial charge on any atom is -0.381 e. The van der Waals surface area contributed by atoms with Crippen LogP contribution in [0.25, 0.3) is 10.9 Å². The SMILES string of the molecule is CC(Nc1c(C#N)cnc2c(Cl)cc(N[C@@H](c3ccccc3)c3cn(C4CCN(C(C)(C)C)CC4)nn3)cc12)C1CCOCC1. The largest absolute Gasteiger partial charge is 0.381 e. The zero-order valence-corrected chi connectivity index (χ0v) is 27.4. The fourth-order valence-corrected chi connectivity index (χ4v) is 6.96. The Morgan fingerprint density at radius 1 is 1.04 bits per heavy atom. The van der Waals surface area contributed by atoms with Gasteiger partial charge < -0.3 is 15.4 Å². The fraction of sp³-hybridized carbons (Fsp3) is 0.486. The summed E-state index contributed by atoms with van der Waals surface area (Å²) in [5.74, 6) is 0.455. The third-order valence-corrected chi connectivity index (χ3v) is 9.73. The predicted molar refractivity (Wildman–Crippen MR) is 180 cm³/mol. The van der Waals surface area contributed by atoms with Crippen LogP contribution in [-0.2, 0) is 4.74 Å². The molecular weight excluding hydrogens is 584 g/mol. The van der Waals surface area contributed by atoms with E-state index >= 15 is 0 Å². The second-order valence-corrected chi connectivity index (χ2v) is 13.8. The van der Waals surface area contributed by atoms with Crippen molar-refractivity contribution in [3.63, 3.8) is 0 Å². The molecule has 2 aliphatic heterocycles. The van der Waals surface area contributed by atoms with Crippen molar-refractivity contribution < 1.29 is 4.74 Å². The topological polar surface area (TPSA) is 104 Å². The Morgan fingerprint density at radius 2 is 1.78 bits per heavy atom. The highest BCUT2D eigenvalue weighted by Crippen LogP contribution is 2.37. The summed E-state index contributed by atoms with van der Waals surface area (Å²) in [5.41, 5.74) is 4.80. The van der Waals surface area contributed by atoms with Crippen molar-refractivity contribution in [2.75, 3.05) is 36.9 Å². The van der Waals surface area contributed by atoms with Gasteiger partial charge in [0, 0.05) is 55.2 Å². The molecule has 2 N–H and O–H groups in total. The van der Waals surface area contributed by atoms with E-state index in [1.54, 1.807) is 6.20 Å². The maximum Gasteiger partial charge on any atom is 0.109 e. The smallest absolute Gasteiger partial charge is 0.109 e. The lowest BCUT2D eigenvalue weighted by molar-refractivity contribution is 0.0622. The van der Waals surface area contributed by atoms with Gasteiger partial charge in [-0.1, -0.05) is 47.1 Å². The van der Waals surface area contributed by atoms with E-state index in [0.29, 0.717) is 28.1 Å². The molecule has 2 aliphatic rings. The number of likely N-dealkylation sites (tertiary alicyclic amines) is 1. The maximum atomic E-state index is 10.0. The molecule has 4 heterocycles. The highest BCUT2D eigenvalue weighted by Gasteiger charge is 2.29. The number of aromatic nitrogens is 4. The van der Waals surface area contributed by atoms with Crippen LogP contribution in [0.15, 0.2) is 54.9 Å². The van der Waals surface area contributed by atoms with Crippen molar-refractivity contribution in [2.45, 2.75) is 77.0 Å². The number of nitriles is 1. The number of piperidine rings is 1. The van der Waals surface area contributed by atoms with Gasteiger partial charge in [0.15, 0.2) is 0 Å². The van der Waals surface area contributed by atoms with E-state index in [9.17, 15) is 5.26 Å². The molecule has 2 saturated heterocycles. The molecule has 0 amide bonds. The van der Waals surface area contributed by atoms with Gasteiger partial charge in [0.25, 0.3) is 0 Å².